The second-order valence-corrected chi connectivity index (χ2v) is 9.89. The van der Waals surface area contributed by atoms with Crippen molar-refractivity contribution < 1.29 is 24.2 Å². The van der Waals surface area contributed by atoms with Gasteiger partial charge in [0.2, 0.25) is 5.91 Å². The number of benzene rings is 2. The smallest absolute Gasteiger partial charge is 0.407 e. The number of fused-ring (bicyclic) bond motifs is 3. The molecule has 0 aromatic heterocycles. The van der Waals surface area contributed by atoms with Crippen molar-refractivity contribution in [1.29, 1.82) is 0 Å². The Hall–Kier alpha value is -3.35. The number of rotatable bonds is 9. The number of carbonyl (C=O) groups is 3. The Morgan fingerprint density at radius 2 is 1.59 bits per heavy atom. The summed E-state index contributed by atoms with van der Waals surface area (Å²) in [6.07, 6.45) is 0.320. The molecule has 2 N–H and O–H groups in total. The first-order chi connectivity index (χ1) is 16.1. The molecule has 1 atom stereocenters. The lowest BCUT2D eigenvalue weighted by molar-refractivity contribution is -0.148. The van der Waals surface area contributed by atoms with Gasteiger partial charge >= 0.3 is 12.1 Å². The maximum atomic E-state index is 12.6. The number of aliphatic carboxylic acids is 1. The van der Waals surface area contributed by atoms with Gasteiger partial charge in [-0.15, -0.1) is 0 Å². The lowest BCUT2D eigenvalue weighted by atomic mass is 9.98. The van der Waals surface area contributed by atoms with E-state index in [1.54, 1.807) is 0 Å². The molecule has 3 rings (SSSR count). The molecule has 1 aliphatic rings. The second kappa shape index (κ2) is 10.7. The van der Waals surface area contributed by atoms with Crippen LogP contribution in [0, 0.1) is 5.92 Å². The Labute approximate surface area is 201 Å². The van der Waals surface area contributed by atoms with Crippen LogP contribution < -0.4 is 5.32 Å². The normalized spacial score (nSPS) is 13.5. The van der Waals surface area contributed by atoms with Gasteiger partial charge in [-0.25, -0.2) is 4.79 Å². The number of ether oxygens (including phenoxy) is 1. The number of nitrogens with one attached hydrogen (secondary N) is 1. The van der Waals surface area contributed by atoms with Gasteiger partial charge in [0.1, 0.15) is 13.2 Å². The fraction of sp³-hybridized carbons (Fsp3) is 0.444. The number of hydrogen-bond acceptors (Lipinski definition) is 4. The van der Waals surface area contributed by atoms with E-state index in [-0.39, 0.29) is 37.3 Å². The van der Waals surface area contributed by atoms with Gasteiger partial charge in [0.05, 0.1) is 0 Å². The van der Waals surface area contributed by atoms with Crippen molar-refractivity contribution >= 4 is 18.0 Å². The molecule has 0 saturated heterocycles. The van der Waals surface area contributed by atoms with E-state index in [9.17, 15) is 14.4 Å². The zero-order chi connectivity index (χ0) is 24.9. The quantitative estimate of drug-likeness (QED) is 0.561. The number of hydrogen-bond donors (Lipinski definition) is 2. The fourth-order valence-corrected chi connectivity index (χ4v) is 4.42. The summed E-state index contributed by atoms with van der Waals surface area (Å²) < 4.78 is 5.54. The highest BCUT2D eigenvalue weighted by Crippen LogP contribution is 2.44. The van der Waals surface area contributed by atoms with E-state index in [4.69, 9.17) is 9.84 Å². The molecule has 0 bridgehead atoms. The van der Waals surface area contributed by atoms with Crippen LogP contribution in [0.1, 0.15) is 57.6 Å². The molecule has 0 radical (unpaired) electrons. The van der Waals surface area contributed by atoms with E-state index in [1.807, 2.05) is 52.0 Å². The average molecular weight is 467 g/mol. The maximum Gasteiger partial charge on any atom is 0.407 e. The molecular formula is C27H34N2O5. The molecule has 0 fully saturated rings. The van der Waals surface area contributed by atoms with E-state index in [2.05, 4.69) is 29.6 Å². The van der Waals surface area contributed by atoms with Gasteiger partial charge in [0.15, 0.2) is 0 Å². The summed E-state index contributed by atoms with van der Waals surface area (Å²) in [7, 11) is 0. The topological polar surface area (TPSA) is 95.9 Å². The first-order valence-electron chi connectivity index (χ1n) is 11.7. The van der Waals surface area contributed by atoms with E-state index in [0.29, 0.717) is 13.0 Å². The van der Waals surface area contributed by atoms with Crippen molar-refractivity contribution in [2.75, 3.05) is 19.7 Å². The molecule has 7 heteroatoms. The number of carboxylic acids is 1. The minimum absolute atomic E-state index is 0.00677. The highest BCUT2D eigenvalue weighted by Gasteiger charge is 2.30. The Morgan fingerprint density at radius 3 is 2.12 bits per heavy atom. The van der Waals surface area contributed by atoms with E-state index < -0.39 is 17.6 Å². The van der Waals surface area contributed by atoms with Crippen molar-refractivity contribution in [3.05, 3.63) is 59.7 Å². The molecule has 0 saturated carbocycles. The number of amides is 2. The van der Waals surface area contributed by atoms with Crippen molar-refractivity contribution in [1.82, 2.24) is 10.2 Å². The fourth-order valence-electron chi connectivity index (χ4n) is 4.42. The van der Waals surface area contributed by atoms with Gasteiger partial charge in [-0.3, -0.25) is 9.59 Å². The highest BCUT2D eigenvalue weighted by atomic mass is 16.5. The molecular weight excluding hydrogens is 432 g/mol. The lowest BCUT2D eigenvalue weighted by Crippen LogP contribution is -2.48. The van der Waals surface area contributed by atoms with E-state index in [0.717, 1.165) is 11.1 Å². The van der Waals surface area contributed by atoms with Gasteiger partial charge in [-0.1, -0.05) is 55.5 Å². The van der Waals surface area contributed by atoms with Crippen LogP contribution in [0.15, 0.2) is 48.5 Å². The summed E-state index contributed by atoms with van der Waals surface area (Å²) in [4.78, 5) is 37.5. The largest absolute Gasteiger partial charge is 0.480 e. The van der Waals surface area contributed by atoms with Gasteiger partial charge < -0.3 is 20.1 Å². The van der Waals surface area contributed by atoms with Crippen LogP contribution >= 0.6 is 0 Å². The first-order valence-corrected chi connectivity index (χ1v) is 11.7. The zero-order valence-corrected chi connectivity index (χ0v) is 20.3. The second-order valence-electron chi connectivity index (χ2n) is 9.89. The molecule has 2 aromatic rings. The molecule has 0 aliphatic heterocycles. The average Bonchev–Trinajstić information content (AvgIpc) is 3.09. The van der Waals surface area contributed by atoms with Crippen molar-refractivity contribution in [2.45, 2.75) is 52.0 Å². The third-order valence-corrected chi connectivity index (χ3v) is 6.18. The summed E-state index contributed by atoms with van der Waals surface area (Å²) in [6.45, 7) is 7.67. The number of nitrogens with zero attached hydrogens (tertiary/aromatic N) is 1. The Balaban J connectivity index is 1.46. The predicted octanol–water partition coefficient (Wildman–Crippen LogP) is 4.65. The van der Waals surface area contributed by atoms with Gasteiger partial charge in [-0.05, 0) is 55.4 Å². The summed E-state index contributed by atoms with van der Waals surface area (Å²) in [5.74, 6) is -1.25. The van der Waals surface area contributed by atoms with Crippen molar-refractivity contribution in [2.24, 2.45) is 5.92 Å². The van der Waals surface area contributed by atoms with Gasteiger partial charge in [0.25, 0.3) is 0 Å². The molecule has 0 heterocycles. The zero-order valence-electron chi connectivity index (χ0n) is 20.3. The molecule has 2 aromatic carbocycles. The number of alkyl carbamates (subject to hydrolysis) is 1. The van der Waals surface area contributed by atoms with Crippen LogP contribution in [0.5, 0.6) is 0 Å². The van der Waals surface area contributed by atoms with E-state index in [1.165, 1.54) is 16.0 Å². The van der Waals surface area contributed by atoms with Gasteiger partial charge in [0, 0.05) is 24.4 Å². The summed E-state index contributed by atoms with van der Waals surface area (Å²) in [5, 5.41) is 11.9. The van der Waals surface area contributed by atoms with Crippen LogP contribution in [0.4, 0.5) is 4.79 Å². The first kappa shape index (κ1) is 25.3. The van der Waals surface area contributed by atoms with Gasteiger partial charge in [-0.2, -0.15) is 0 Å². The molecule has 0 spiro atoms. The maximum absolute atomic E-state index is 12.6. The Morgan fingerprint density at radius 1 is 1.03 bits per heavy atom. The molecule has 34 heavy (non-hydrogen) atoms. The Bertz CT molecular complexity index is 998. The summed E-state index contributed by atoms with van der Waals surface area (Å²) in [5.41, 5.74) is 4.10. The minimum atomic E-state index is -1.03. The molecule has 1 unspecified atom stereocenters. The number of carbonyl (C=O) groups excluding carboxylic acids is 2. The van der Waals surface area contributed by atoms with Crippen molar-refractivity contribution in [3.8, 4) is 11.1 Å². The SMILES string of the molecule is CC(CCNC(=O)OCC1c2ccccc2-c2ccccc21)CC(=O)N(CC(=O)O)C(C)(C)C. The van der Waals surface area contributed by atoms with Crippen LogP contribution in [0.3, 0.4) is 0 Å². The van der Waals surface area contributed by atoms with E-state index >= 15 is 0 Å². The number of carboxylic acid groups (broad SMARTS) is 1. The molecule has 2 amide bonds. The standard InChI is InChI=1S/C27H34N2O5/c1-18(15-24(30)29(16-25(31)32)27(2,3)4)13-14-28-26(33)34-17-23-21-11-7-5-9-19(21)20-10-6-8-12-22(20)23/h5-12,18,23H,13-17H2,1-4H3,(H,28,33)(H,31,32). The monoisotopic (exact) mass is 466 g/mol. The van der Waals surface area contributed by atoms with Crippen LogP contribution in [0.25, 0.3) is 11.1 Å². The third kappa shape index (κ3) is 6.16. The van der Waals surface area contributed by atoms with Crippen LogP contribution in [-0.4, -0.2) is 53.2 Å². The Kier molecular flexibility index (Phi) is 7.97. The van der Waals surface area contributed by atoms with Crippen LogP contribution in [-0.2, 0) is 14.3 Å². The molecule has 7 nitrogen and oxygen atoms in total. The summed E-state index contributed by atoms with van der Waals surface area (Å²) >= 11 is 0. The molecule has 182 valence electrons. The minimum Gasteiger partial charge on any atom is -0.480 e. The predicted molar refractivity (Wildman–Crippen MR) is 131 cm³/mol. The lowest BCUT2D eigenvalue weighted by Gasteiger charge is -2.35. The van der Waals surface area contributed by atoms with Crippen LogP contribution in [0.2, 0.25) is 0 Å². The van der Waals surface area contributed by atoms with Crippen molar-refractivity contribution in [3.63, 3.8) is 0 Å². The highest BCUT2D eigenvalue weighted by molar-refractivity contribution is 5.82. The molecule has 1 aliphatic carbocycles. The summed E-state index contributed by atoms with van der Waals surface area (Å²) in [6, 6.07) is 16.4. The third-order valence-electron chi connectivity index (χ3n) is 6.18.